The summed E-state index contributed by atoms with van der Waals surface area (Å²) in [6, 6.07) is 6.70. The highest BCUT2D eigenvalue weighted by Crippen LogP contribution is 2.17. The molecule has 0 saturated carbocycles. The Morgan fingerprint density at radius 2 is 1.95 bits per heavy atom. The molecule has 3 N–H and O–H groups in total. The van der Waals surface area contributed by atoms with Crippen LogP contribution < -0.4 is 11.1 Å². The Morgan fingerprint density at radius 3 is 2.45 bits per heavy atom. The van der Waals surface area contributed by atoms with E-state index in [1.165, 1.54) is 0 Å². The van der Waals surface area contributed by atoms with E-state index < -0.39 is 9.84 Å². The second-order valence-corrected chi connectivity index (χ2v) is 6.74. The SMILES string of the molecule is CCS(=O)(=O)c1ccc(NCc2cnn(C)c2N)cc1. The lowest BCUT2D eigenvalue weighted by Gasteiger charge is -2.07. The van der Waals surface area contributed by atoms with Gasteiger partial charge in [0.05, 0.1) is 16.8 Å². The average molecular weight is 294 g/mol. The van der Waals surface area contributed by atoms with E-state index in [0.717, 1.165) is 11.3 Å². The Kier molecular flexibility index (Phi) is 3.99. The number of nitrogens with two attached hydrogens (primary N) is 1. The standard InChI is InChI=1S/C13H18N4O2S/c1-3-20(18,19)12-6-4-11(5-7-12)15-8-10-9-16-17(2)13(10)14/h4-7,9,15H,3,8,14H2,1-2H3. The fourth-order valence-corrected chi connectivity index (χ4v) is 2.66. The van der Waals surface area contributed by atoms with Crippen molar-refractivity contribution >= 4 is 21.3 Å². The molecule has 0 aliphatic carbocycles. The summed E-state index contributed by atoms with van der Waals surface area (Å²) >= 11 is 0. The molecule has 0 unspecified atom stereocenters. The normalized spacial score (nSPS) is 11.5. The molecule has 6 nitrogen and oxygen atoms in total. The Hall–Kier alpha value is -2.02. The fraction of sp³-hybridized carbons (Fsp3) is 0.308. The van der Waals surface area contributed by atoms with Gasteiger partial charge in [0.1, 0.15) is 5.82 Å². The van der Waals surface area contributed by atoms with Gasteiger partial charge < -0.3 is 11.1 Å². The Morgan fingerprint density at radius 1 is 1.30 bits per heavy atom. The first kappa shape index (κ1) is 14.4. The van der Waals surface area contributed by atoms with Crippen molar-refractivity contribution in [2.75, 3.05) is 16.8 Å². The molecule has 1 aromatic carbocycles. The number of aryl methyl sites for hydroxylation is 1. The first-order valence-corrected chi connectivity index (χ1v) is 7.92. The van der Waals surface area contributed by atoms with Crippen LogP contribution in [0.25, 0.3) is 0 Å². The second kappa shape index (κ2) is 5.54. The number of nitrogens with one attached hydrogen (secondary N) is 1. The number of rotatable bonds is 5. The van der Waals surface area contributed by atoms with Crippen LogP contribution in [0.5, 0.6) is 0 Å². The van der Waals surface area contributed by atoms with Crippen molar-refractivity contribution in [1.29, 1.82) is 0 Å². The predicted molar refractivity (Wildman–Crippen MR) is 79.1 cm³/mol. The molecule has 2 aromatic rings. The molecule has 0 spiro atoms. The lowest BCUT2D eigenvalue weighted by atomic mass is 10.3. The highest BCUT2D eigenvalue weighted by atomic mass is 32.2. The van der Waals surface area contributed by atoms with Crippen molar-refractivity contribution in [3.05, 3.63) is 36.0 Å². The van der Waals surface area contributed by atoms with E-state index in [1.54, 1.807) is 49.1 Å². The third kappa shape index (κ3) is 2.93. The van der Waals surface area contributed by atoms with Crippen LogP contribution in [0.4, 0.5) is 11.5 Å². The molecule has 0 atom stereocenters. The summed E-state index contributed by atoms with van der Waals surface area (Å²) in [5.41, 5.74) is 7.58. The molecule has 108 valence electrons. The number of aromatic nitrogens is 2. The molecular weight excluding hydrogens is 276 g/mol. The van der Waals surface area contributed by atoms with Gasteiger partial charge in [-0.2, -0.15) is 5.10 Å². The van der Waals surface area contributed by atoms with Crippen molar-refractivity contribution in [3.8, 4) is 0 Å². The molecule has 7 heteroatoms. The lowest BCUT2D eigenvalue weighted by Crippen LogP contribution is -2.05. The smallest absolute Gasteiger partial charge is 0.178 e. The van der Waals surface area contributed by atoms with Gasteiger partial charge in [-0.3, -0.25) is 4.68 Å². The summed E-state index contributed by atoms with van der Waals surface area (Å²) in [6.45, 7) is 2.17. The van der Waals surface area contributed by atoms with Gasteiger partial charge in [-0.05, 0) is 24.3 Å². The number of anilines is 2. The Balaban J connectivity index is 2.07. The minimum Gasteiger partial charge on any atom is -0.384 e. The zero-order valence-corrected chi connectivity index (χ0v) is 12.3. The molecule has 0 aliphatic heterocycles. The molecule has 0 aliphatic rings. The van der Waals surface area contributed by atoms with E-state index in [1.807, 2.05) is 0 Å². The predicted octanol–water partition coefficient (Wildman–Crippen LogP) is 1.41. The highest BCUT2D eigenvalue weighted by Gasteiger charge is 2.10. The van der Waals surface area contributed by atoms with Crippen LogP contribution in [0.1, 0.15) is 12.5 Å². The minimum atomic E-state index is -3.15. The van der Waals surface area contributed by atoms with Crippen LogP contribution >= 0.6 is 0 Å². The third-order valence-corrected chi connectivity index (χ3v) is 4.89. The van der Waals surface area contributed by atoms with Crippen LogP contribution in [0.15, 0.2) is 35.4 Å². The summed E-state index contributed by atoms with van der Waals surface area (Å²) in [6.07, 6.45) is 1.71. The van der Waals surface area contributed by atoms with E-state index in [-0.39, 0.29) is 5.75 Å². The van der Waals surface area contributed by atoms with Gasteiger partial charge in [-0.15, -0.1) is 0 Å². The molecule has 0 fully saturated rings. The quantitative estimate of drug-likeness (QED) is 0.870. The van der Waals surface area contributed by atoms with Gasteiger partial charge in [0.25, 0.3) is 0 Å². The van der Waals surface area contributed by atoms with Crippen molar-refractivity contribution in [1.82, 2.24) is 9.78 Å². The van der Waals surface area contributed by atoms with Crippen LogP contribution in [0.3, 0.4) is 0 Å². The first-order valence-electron chi connectivity index (χ1n) is 6.27. The Bertz CT molecular complexity index is 690. The molecule has 0 radical (unpaired) electrons. The zero-order chi connectivity index (χ0) is 14.8. The number of hydrogen-bond acceptors (Lipinski definition) is 5. The van der Waals surface area contributed by atoms with Gasteiger partial charge in [-0.1, -0.05) is 6.92 Å². The number of hydrogen-bond donors (Lipinski definition) is 2. The fourth-order valence-electron chi connectivity index (χ4n) is 1.77. The summed E-state index contributed by atoms with van der Waals surface area (Å²) in [5.74, 6) is 0.717. The molecule has 0 amide bonds. The number of benzene rings is 1. The highest BCUT2D eigenvalue weighted by molar-refractivity contribution is 7.91. The Labute approximate surface area is 118 Å². The third-order valence-electron chi connectivity index (χ3n) is 3.14. The molecule has 20 heavy (non-hydrogen) atoms. The van der Waals surface area contributed by atoms with Crippen LogP contribution in [0, 0.1) is 0 Å². The second-order valence-electron chi connectivity index (χ2n) is 4.46. The maximum atomic E-state index is 11.7. The van der Waals surface area contributed by atoms with Crippen molar-refractivity contribution in [3.63, 3.8) is 0 Å². The minimum absolute atomic E-state index is 0.103. The van der Waals surface area contributed by atoms with E-state index in [0.29, 0.717) is 17.3 Å². The largest absolute Gasteiger partial charge is 0.384 e. The number of nitrogens with zero attached hydrogens (tertiary/aromatic N) is 2. The molecule has 2 rings (SSSR count). The van der Waals surface area contributed by atoms with Gasteiger partial charge in [-0.25, -0.2) is 8.42 Å². The first-order chi connectivity index (χ1) is 9.44. The molecule has 0 bridgehead atoms. The summed E-state index contributed by atoms with van der Waals surface area (Å²) in [7, 11) is -1.37. The molecule has 1 aromatic heterocycles. The van der Waals surface area contributed by atoms with Crippen LogP contribution in [-0.2, 0) is 23.4 Å². The van der Waals surface area contributed by atoms with Crippen molar-refractivity contribution in [2.45, 2.75) is 18.4 Å². The van der Waals surface area contributed by atoms with Crippen LogP contribution in [-0.4, -0.2) is 24.0 Å². The van der Waals surface area contributed by atoms with E-state index in [9.17, 15) is 8.42 Å². The topological polar surface area (TPSA) is 90.0 Å². The lowest BCUT2D eigenvalue weighted by molar-refractivity contribution is 0.597. The molecular formula is C13H18N4O2S. The van der Waals surface area contributed by atoms with Crippen molar-refractivity contribution < 1.29 is 8.42 Å². The number of sulfone groups is 1. The maximum absolute atomic E-state index is 11.7. The number of nitrogen functional groups attached to an aromatic ring is 1. The van der Waals surface area contributed by atoms with Gasteiger partial charge >= 0.3 is 0 Å². The van der Waals surface area contributed by atoms with Gasteiger partial charge in [0, 0.05) is 24.8 Å². The summed E-state index contributed by atoms with van der Waals surface area (Å²) in [4.78, 5) is 0.339. The zero-order valence-electron chi connectivity index (χ0n) is 11.5. The molecule has 1 heterocycles. The summed E-state index contributed by atoms with van der Waals surface area (Å²) in [5, 5.41) is 7.24. The van der Waals surface area contributed by atoms with Crippen LogP contribution in [0.2, 0.25) is 0 Å². The van der Waals surface area contributed by atoms with Gasteiger partial charge in [0.15, 0.2) is 9.84 Å². The van der Waals surface area contributed by atoms with Gasteiger partial charge in [0.2, 0.25) is 0 Å². The van der Waals surface area contributed by atoms with Crippen molar-refractivity contribution in [2.24, 2.45) is 7.05 Å². The van der Waals surface area contributed by atoms with E-state index in [4.69, 9.17) is 5.73 Å². The monoisotopic (exact) mass is 294 g/mol. The van der Waals surface area contributed by atoms with E-state index >= 15 is 0 Å². The summed E-state index contributed by atoms with van der Waals surface area (Å²) < 4.78 is 25.0. The van der Waals surface area contributed by atoms with E-state index in [2.05, 4.69) is 10.4 Å². The maximum Gasteiger partial charge on any atom is 0.178 e. The molecule has 0 saturated heterocycles. The average Bonchev–Trinajstić information content (AvgIpc) is 2.77.